The molecule has 4 atom stereocenters. The third kappa shape index (κ3) is 2.26. The minimum Gasteiger partial charge on any atom is -0.477 e. The summed E-state index contributed by atoms with van der Waals surface area (Å²) in [6, 6.07) is -0.404. The Balaban J connectivity index is 2.29. The molecule has 2 heterocycles. The molecule has 1 fully saturated rings. The molecule has 2 rings (SSSR count). The van der Waals surface area contributed by atoms with Crippen LogP contribution in [-0.2, 0) is 9.59 Å². The van der Waals surface area contributed by atoms with Crippen LogP contribution in [0.1, 0.15) is 6.92 Å². The number of carbonyl (C=O) groups is 2. The molecule has 0 aromatic heterocycles. The number of nitrogens with two attached hydrogens (primary N) is 1. The Labute approximate surface area is 119 Å². The van der Waals surface area contributed by atoms with Gasteiger partial charge in [-0.25, -0.2) is 4.79 Å². The summed E-state index contributed by atoms with van der Waals surface area (Å²) in [7, 11) is 0. The van der Waals surface area contributed by atoms with Gasteiger partial charge < -0.3 is 15.9 Å². The number of fused-ring (bicyclic) bond motifs is 1. The average Bonchev–Trinajstić information content (AvgIpc) is 2.64. The minimum atomic E-state index is -1.14. The number of nitrogens with zero attached hydrogens (tertiary/aromatic N) is 1. The van der Waals surface area contributed by atoms with Crippen LogP contribution in [0.5, 0.6) is 0 Å². The summed E-state index contributed by atoms with van der Waals surface area (Å²) in [5, 5.41) is 18.5. The summed E-state index contributed by atoms with van der Waals surface area (Å²) in [6.45, 7) is 1.54. The third-order valence-electron chi connectivity index (χ3n) is 3.21. The molecule has 6 nitrogen and oxygen atoms in total. The molecular formula is C11H16N2O4S2. The highest BCUT2D eigenvalue weighted by molar-refractivity contribution is 8.04. The van der Waals surface area contributed by atoms with Crippen molar-refractivity contribution < 1.29 is 19.8 Å². The van der Waals surface area contributed by atoms with Crippen LogP contribution in [0.25, 0.3) is 0 Å². The molecule has 0 aromatic carbocycles. The Kier molecular flexibility index (Phi) is 4.14. The average molecular weight is 304 g/mol. The highest BCUT2D eigenvalue weighted by atomic mass is 32.2. The van der Waals surface area contributed by atoms with Gasteiger partial charge in [0.2, 0.25) is 5.91 Å². The minimum absolute atomic E-state index is 0.0153. The molecule has 106 valence electrons. The van der Waals surface area contributed by atoms with Gasteiger partial charge in [-0.05, 0) is 13.2 Å². The van der Waals surface area contributed by atoms with E-state index in [0.29, 0.717) is 10.7 Å². The van der Waals surface area contributed by atoms with E-state index in [-0.39, 0.29) is 17.0 Å². The summed E-state index contributed by atoms with van der Waals surface area (Å²) in [6.07, 6.45) is 1.10. The van der Waals surface area contributed by atoms with Crippen LogP contribution >= 0.6 is 23.5 Å². The van der Waals surface area contributed by atoms with Crippen LogP contribution in [0.4, 0.5) is 0 Å². The fourth-order valence-electron chi connectivity index (χ4n) is 2.33. The van der Waals surface area contributed by atoms with Crippen molar-refractivity contribution in [2.75, 3.05) is 12.0 Å². The molecule has 0 bridgehead atoms. The Bertz CT molecular complexity index is 452. The van der Waals surface area contributed by atoms with E-state index in [1.807, 2.05) is 6.26 Å². The molecule has 1 saturated heterocycles. The van der Waals surface area contributed by atoms with Gasteiger partial charge in [-0.15, -0.1) is 0 Å². The van der Waals surface area contributed by atoms with Gasteiger partial charge in [0.25, 0.3) is 0 Å². The van der Waals surface area contributed by atoms with Crippen molar-refractivity contribution in [2.45, 2.75) is 24.4 Å². The first-order chi connectivity index (χ1) is 8.90. The molecule has 19 heavy (non-hydrogen) atoms. The van der Waals surface area contributed by atoms with Gasteiger partial charge in [0.15, 0.2) is 0 Å². The fraction of sp³-hybridized carbons (Fsp3) is 0.636. The summed E-state index contributed by atoms with van der Waals surface area (Å²) in [5.74, 6) is -1.43. The van der Waals surface area contributed by atoms with Gasteiger partial charge in [-0.2, -0.15) is 11.8 Å². The molecule has 8 heteroatoms. The summed E-state index contributed by atoms with van der Waals surface area (Å²) < 4.78 is 0. The Morgan fingerprint density at radius 3 is 2.74 bits per heavy atom. The topological polar surface area (TPSA) is 104 Å². The third-order valence-corrected chi connectivity index (χ3v) is 5.40. The van der Waals surface area contributed by atoms with Crippen molar-refractivity contribution in [3.05, 3.63) is 10.6 Å². The van der Waals surface area contributed by atoms with Crippen LogP contribution in [0.3, 0.4) is 0 Å². The number of carbonyl (C=O) groups excluding carboxylic acids is 1. The van der Waals surface area contributed by atoms with E-state index < -0.39 is 24.0 Å². The van der Waals surface area contributed by atoms with Crippen molar-refractivity contribution in [1.29, 1.82) is 0 Å². The molecule has 2 aliphatic heterocycles. The van der Waals surface area contributed by atoms with E-state index in [1.165, 1.54) is 28.4 Å². The predicted octanol–water partition coefficient (Wildman–Crippen LogP) is -0.115. The van der Waals surface area contributed by atoms with Crippen molar-refractivity contribution in [3.8, 4) is 0 Å². The largest absolute Gasteiger partial charge is 0.477 e. The Morgan fingerprint density at radius 1 is 1.63 bits per heavy atom. The number of hydrogen-bond donors (Lipinski definition) is 3. The number of carboxylic acids is 1. The zero-order chi connectivity index (χ0) is 14.3. The molecule has 0 saturated carbocycles. The molecular weight excluding hydrogens is 288 g/mol. The van der Waals surface area contributed by atoms with E-state index in [0.717, 1.165) is 0 Å². The van der Waals surface area contributed by atoms with Crippen LogP contribution in [0.2, 0.25) is 0 Å². The van der Waals surface area contributed by atoms with Gasteiger partial charge in [0.05, 0.1) is 12.0 Å². The van der Waals surface area contributed by atoms with Crippen molar-refractivity contribution in [3.63, 3.8) is 0 Å². The second-order valence-electron chi connectivity index (χ2n) is 4.56. The Hall–Kier alpha value is -0.700. The SMILES string of the molecule is CSC[C@@H](N)C1=C(C(=O)O)N2C(=O)[C@H](C(C)O)[C@H]2S1. The maximum atomic E-state index is 11.9. The van der Waals surface area contributed by atoms with Gasteiger partial charge >= 0.3 is 5.97 Å². The number of carboxylic acid groups (broad SMARTS) is 1. The van der Waals surface area contributed by atoms with Crippen molar-refractivity contribution >= 4 is 35.4 Å². The van der Waals surface area contributed by atoms with Gasteiger partial charge in [0.1, 0.15) is 11.1 Å². The van der Waals surface area contributed by atoms with Crippen molar-refractivity contribution in [1.82, 2.24) is 4.90 Å². The summed E-state index contributed by atoms with van der Waals surface area (Å²) in [4.78, 5) is 25.1. The van der Waals surface area contributed by atoms with Gasteiger partial charge in [0, 0.05) is 16.7 Å². The highest BCUT2D eigenvalue weighted by Gasteiger charge is 2.58. The first kappa shape index (κ1) is 14.7. The molecule has 0 aromatic rings. The van der Waals surface area contributed by atoms with Crippen molar-refractivity contribution in [2.24, 2.45) is 11.7 Å². The van der Waals surface area contributed by atoms with Crippen LogP contribution < -0.4 is 5.73 Å². The molecule has 0 radical (unpaired) electrons. The second-order valence-corrected chi connectivity index (χ2v) is 6.63. The molecule has 1 amide bonds. The smallest absolute Gasteiger partial charge is 0.353 e. The number of aliphatic hydroxyl groups excluding tert-OH is 1. The van der Waals surface area contributed by atoms with Gasteiger partial charge in [-0.3, -0.25) is 9.69 Å². The number of aliphatic hydroxyl groups is 1. The lowest BCUT2D eigenvalue weighted by Crippen LogP contribution is -2.60. The number of β-lactam (4-membered cyclic amide) rings is 1. The first-order valence-corrected chi connectivity index (χ1v) is 8.07. The second kappa shape index (κ2) is 5.35. The summed E-state index contributed by atoms with van der Waals surface area (Å²) >= 11 is 2.81. The standard InChI is InChI=1S/C11H16N2O4S2/c1-4(14)6-9(15)13-7(11(16)17)8(19-10(6)13)5(12)3-18-2/h4-6,10,14H,3,12H2,1-2H3,(H,16,17)/t4?,5-,6+,10-/m1/s1. The number of rotatable bonds is 5. The zero-order valence-corrected chi connectivity index (χ0v) is 12.2. The van der Waals surface area contributed by atoms with Crippen LogP contribution in [0.15, 0.2) is 10.6 Å². The highest BCUT2D eigenvalue weighted by Crippen LogP contribution is 2.51. The molecule has 0 aliphatic carbocycles. The van der Waals surface area contributed by atoms with E-state index in [1.54, 1.807) is 6.92 Å². The van der Waals surface area contributed by atoms with Crippen LogP contribution in [-0.4, -0.2) is 56.5 Å². The number of amides is 1. The maximum Gasteiger partial charge on any atom is 0.353 e. The first-order valence-electron chi connectivity index (χ1n) is 5.80. The number of thioether (sulfide) groups is 2. The fourth-order valence-corrected chi connectivity index (χ4v) is 4.58. The molecule has 1 unspecified atom stereocenters. The number of hydrogen-bond acceptors (Lipinski definition) is 6. The van der Waals surface area contributed by atoms with E-state index in [2.05, 4.69) is 0 Å². The lowest BCUT2D eigenvalue weighted by molar-refractivity contribution is -0.156. The molecule has 0 spiro atoms. The zero-order valence-electron chi connectivity index (χ0n) is 10.6. The van der Waals surface area contributed by atoms with E-state index in [9.17, 15) is 19.8 Å². The van der Waals surface area contributed by atoms with E-state index >= 15 is 0 Å². The monoisotopic (exact) mass is 304 g/mol. The Morgan fingerprint density at radius 2 is 2.26 bits per heavy atom. The lowest BCUT2D eigenvalue weighted by atomic mass is 9.92. The van der Waals surface area contributed by atoms with Crippen LogP contribution in [0, 0.1) is 5.92 Å². The lowest BCUT2D eigenvalue weighted by Gasteiger charge is -2.43. The maximum absolute atomic E-state index is 11.9. The quantitative estimate of drug-likeness (QED) is 0.609. The van der Waals surface area contributed by atoms with Gasteiger partial charge in [-0.1, -0.05) is 11.8 Å². The summed E-state index contributed by atoms with van der Waals surface area (Å²) in [5.41, 5.74) is 5.96. The molecule has 2 aliphatic rings. The van der Waals surface area contributed by atoms with E-state index in [4.69, 9.17) is 5.73 Å². The number of aliphatic carboxylic acids is 1. The molecule has 4 N–H and O–H groups in total. The normalized spacial score (nSPS) is 29.1. The predicted molar refractivity (Wildman–Crippen MR) is 74.4 cm³/mol.